The number of ether oxygens (including phenoxy) is 1. The summed E-state index contributed by atoms with van der Waals surface area (Å²) >= 11 is 0. The highest BCUT2D eigenvalue weighted by Crippen LogP contribution is 2.11. The van der Waals surface area contributed by atoms with E-state index in [2.05, 4.69) is 10.6 Å². The summed E-state index contributed by atoms with van der Waals surface area (Å²) in [6.45, 7) is 3.02. The molecule has 0 aliphatic heterocycles. The summed E-state index contributed by atoms with van der Waals surface area (Å²) in [6, 6.07) is 13.3. The highest BCUT2D eigenvalue weighted by Gasteiger charge is 2.12. The number of amides is 2. The van der Waals surface area contributed by atoms with E-state index in [0.717, 1.165) is 12.0 Å². The van der Waals surface area contributed by atoms with Gasteiger partial charge in [0.05, 0.1) is 0 Å². The Kier molecular flexibility index (Phi) is 8.09. The molecule has 0 heterocycles. The van der Waals surface area contributed by atoms with Gasteiger partial charge < -0.3 is 15.4 Å². The average molecular weight is 396 g/mol. The first-order valence-electron chi connectivity index (χ1n) is 9.32. The monoisotopic (exact) mass is 396 g/mol. The second-order valence-electron chi connectivity index (χ2n) is 6.51. The van der Waals surface area contributed by atoms with Gasteiger partial charge in [0.1, 0.15) is 6.54 Å². The van der Waals surface area contributed by atoms with Crippen LogP contribution in [0.5, 0.6) is 0 Å². The Hall–Kier alpha value is -3.48. The Bertz CT molecular complexity index is 890. The second-order valence-corrected chi connectivity index (χ2v) is 6.51. The first kappa shape index (κ1) is 21.8. The van der Waals surface area contributed by atoms with E-state index >= 15 is 0 Å². The molecule has 2 aromatic carbocycles. The van der Waals surface area contributed by atoms with Crippen molar-refractivity contribution in [3.63, 3.8) is 0 Å². The molecule has 0 aromatic heterocycles. The third-order valence-corrected chi connectivity index (χ3v) is 4.01. The van der Waals surface area contributed by atoms with Crippen molar-refractivity contribution in [3.05, 3.63) is 65.2 Å². The summed E-state index contributed by atoms with van der Waals surface area (Å²) in [7, 11) is 0. The number of carbonyl (C=O) groups is 4. The predicted molar refractivity (Wildman–Crippen MR) is 109 cm³/mol. The lowest BCUT2D eigenvalue weighted by atomic mass is 10.1. The number of aryl methyl sites for hydroxylation is 1. The van der Waals surface area contributed by atoms with Gasteiger partial charge in [0.2, 0.25) is 5.91 Å². The van der Waals surface area contributed by atoms with E-state index in [1.54, 1.807) is 42.5 Å². The number of nitrogens with one attached hydrogen (secondary N) is 2. The SMILES string of the molecule is CCCC(=O)Nc1ccc(C(=O)COC(=O)CNC(=O)c2cccc(C)c2)cc1. The molecule has 0 saturated heterocycles. The van der Waals surface area contributed by atoms with E-state index < -0.39 is 18.5 Å². The van der Waals surface area contributed by atoms with Gasteiger partial charge in [-0.3, -0.25) is 19.2 Å². The molecule has 7 heteroatoms. The Labute approximate surface area is 169 Å². The van der Waals surface area contributed by atoms with Crippen LogP contribution in [0.15, 0.2) is 48.5 Å². The fourth-order valence-corrected chi connectivity index (χ4v) is 2.51. The van der Waals surface area contributed by atoms with Crippen LogP contribution >= 0.6 is 0 Å². The van der Waals surface area contributed by atoms with Gasteiger partial charge in [0.25, 0.3) is 5.91 Å². The Morgan fingerprint density at radius 2 is 1.69 bits per heavy atom. The van der Waals surface area contributed by atoms with Crippen molar-refractivity contribution in [3.8, 4) is 0 Å². The molecule has 0 aliphatic rings. The van der Waals surface area contributed by atoms with Crippen molar-refractivity contribution in [2.45, 2.75) is 26.7 Å². The number of esters is 1. The zero-order valence-corrected chi connectivity index (χ0v) is 16.5. The summed E-state index contributed by atoms with van der Waals surface area (Å²) in [5.41, 5.74) is 2.33. The molecular weight excluding hydrogens is 372 g/mol. The smallest absolute Gasteiger partial charge is 0.325 e. The van der Waals surface area contributed by atoms with Crippen LogP contribution in [-0.2, 0) is 14.3 Å². The largest absolute Gasteiger partial charge is 0.456 e. The molecule has 2 rings (SSSR count). The van der Waals surface area contributed by atoms with E-state index in [-0.39, 0.29) is 18.2 Å². The Morgan fingerprint density at radius 1 is 0.966 bits per heavy atom. The number of hydrogen-bond acceptors (Lipinski definition) is 5. The summed E-state index contributed by atoms with van der Waals surface area (Å²) in [4.78, 5) is 47.5. The van der Waals surface area contributed by atoms with Crippen molar-refractivity contribution in [1.82, 2.24) is 5.32 Å². The molecule has 0 fully saturated rings. The van der Waals surface area contributed by atoms with Gasteiger partial charge in [0.15, 0.2) is 12.4 Å². The lowest BCUT2D eigenvalue weighted by molar-refractivity contribution is -0.141. The Morgan fingerprint density at radius 3 is 2.34 bits per heavy atom. The van der Waals surface area contributed by atoms with E-state index in [4.69, 9.17) is 4.74 Å². The minimum absolute atomic E-state index is 0.0896. The van der Waals surface area contributed by atoms with E-state index in [1.165, 1.54) is 0 Å². The summed E-state index contributed by atoms with van der Waals surface area (Å²) in [5.74, 6) is -1.57. The van der Waals surface area contributed by atoms with Gasteiger partial charge >= 0.3 is 5.97 Å². The first-order chi connectivity index (χ1) is 13.9. The molecule has 0 bridgehead atoms. The second kappa shape index (κ2) is 10.8. The van der Waals surface area contributed by atoms with Crippen LogP contribution in [0.1, 0.15) is 46.0 Å². The highest BCUT2D eigenvalue weighted by molar-refractivity contribution is 5.99. The molecule has 7 nitrogen and oxygen atoms in total. The zero-order chi connectivity index (χ0) is 21.2. The van der Waals surface area contributed by atoms with Crippen LogP contribution in [0.2, 0.25) is 0 Å². The normalized spacial score (nSPS) is 10.1. The highest BCUT2D eigenvalue weighted by atomic mass is 16.5. The molecular formula is C22H24N2O5. The van der Waals surface area contributed by atoms with Gasteiger partial charge in [-0.2, -0.15) is 0 Å². The van der Waals surface area contributed by atoms with Crippen LogP contribution in [-0.4, -0.2) is 36.7 Å². The summed E-state index contributed by atoms with van der Waals surface area (Å²) < 4.78 is 4.92. The number of Topliss-reactive ketones (excluding diaryl/α,β-unsaturated/α-hetero) is 1. The minimum atomic E-state index is -0.706. The molecule has 152 valence electrons. The van der Waals surface area contributed by atoms with Gasteiger partial charge in [-0.25, -0.2) is 0 Å². The fourth-order valence-electron chi connectivity index (χ4n) is 2.51. The van der Waals surface area contributed by atoms with Crippen molar-refractivity contribution in [2.24, 2.45) is 0 Å². The van der Waals surface area contributed by atoms with Gasteiger partial charge in [-0.1, -0.05) is 24.6 Å². The molecule has 2 N–H and O–H groups in total. The minimum Gasteiger partial charge on any atom is -0.456 e. The van der Waals surface area contributed by atoms with Crippen LogP contribution < -0.4 is 10.6 Å². The third-order valence-electron chi connectivity index (χ3n) is 4.01. The topological polar surface area (TPSA) is 102 Å². The zero-order valence-electron chi connectivity index (χ0n) is 16.5. The molecule has 29 heavy (non-hydrogen) atoms. The van der Waals surface area contributed by atoms with Gasteiger partial charge in [0, 0.05) is 23.2 Å². The van der Waals surface area contributed by atoms with E-state index in [1.807, 2.05) is 19.9 Å². The van der Waals surface area contributed by atoms with Crippen molar-refractivity contribution in [1.29, 1.82) is 0 Å². The lowest BCUT2D eigenvalue weighted by Crippen LogP contribution is -2.31. The number of ketones is 1. The standard InChI is InChI=1S/C22H24N2O5/c1-3-5-20(26)24-18-10-8-16(9-11-18)19(25)14-29-21(27)13-23-22(28)17-7-4-6-15(2)12-17/h4,6-12H,3,5,13-14H2,1-2H3,(H,23,28)(H,24,26). The van der Waals surface area contributed by atoms with Crippen LogP contribution in [0.3, 0.4) is 0 Å². The maximum absolute atomic E-state index is 12.1. The quantitative estimate of drug-likeness (QED) is 0.501. The molecule has 0 radical (unpaired) electrons. The van der Waals surface area contributed by atoms with Gasteiger partial charge in [-0.15, -0.1) is 0 Å². The molecule has 0 unspecified atom stereocenters. The molecule has 2 amide bonds. The van der Waals surface area contributed by atoms with Gasteiger partial charge in [-0.05, 0) is 49.7 Å². The van der Waals surface area contributed by atoms with Crippen molar-refractivity contribution >= 4 is 29.3 Å². The number of carbonyl (C=O) groups excluding carboxylic acids is 4. The lowest BCUT2D eigenvalue weighted by Gasteiger charge is -2.08. The molecule has 0 spiro atoms. The van der Waals surface area contributed by atoms with Crippen LogP contribution in [0.4, 0.5) is 5.69 Å². The average Bonchev–Trinajstić information content (AvgIpc) is 2.71. The van der Waals surface area contributed by atoms with Crippen molar-refractivity contribution in [2.75, 3.05) is 18.5 Å². The maximum atomic E-state index is 12.1. The number of hydrogen-bond donors (Lipinski definition) is 2. The van der Waals surface area contributed by atoms with E-state index in [9.17, 15) is 19.2 Å². The molecule has 0 saturated carbocycles. The third kappa shape index (κ3) is 7.21. The fraction of sp³-hybridized carbons (Fsp3) is 0.273. The number of benzene rings is 2. The van der Waals surface area contributed by atoms with E-state index in [0.29, 0.717) is 23.2 Å². The summed E-state index contributed by atoms with van der Waals surface area (Å²) in [5, 5.41) is 5.19. The Balaban J connectivity index is 1.77. The molecule has 0 aliphatic carbocycles. The van der Waals surface area contributed by atoms with Crippen LogP contribution in [0.25, 0.3) is 0 Å². The first-order valence-corrected chi connectivity index (χ1v) is 9.32. The number of anilines is 1. The molecule has 2 aromatic rings. The van der Waals surface area contributed by atoms with Crippen molar-refractivity contribution < 1.29 is 23.9 Å². The summed E-state index contributed by atoms with van der Waals surface area (Å²) in [6.07, 6.45) is 1.18. The van der Waals surface area contributed by atoms with Crippen LogP contribution in [0, 0.1) is 6.92 Å². The molecule has 0 atom stereocenters. The number of rotatable bonds is 9. The predicted octanol–water partition coefficient (Wildman–Crippen LogP) is 2.89. The maximum Gasteiger partial charge on any atom is 0.325 e.